The topological polar surface area (TPSA) is 444 Å². The molecule has 0 radical (unpaired) electrons. The van der Waals surface area contributed by atoms with E-state index < -0.39 is 187 Å². The van der Waals surface area contributed by atoms with E-state index in [4.69, 9.17) is 26.0 Å². The van der Waals surface area contributed by atoms with Gasteiger partial charge >= 0.3 is 17.9 Å². The van der Waals surface area contributed by atoms with Gasteiger partial charge in [-0.1, -0.05) is 109 Å². The highest BCUT2D eigenvalue weighted by atomic mass is 16.6. The van der Waals surface area contributed by atoms with Crippen molar-refractivity contribution in [3.8, 4) is 0 Å². The predicted molar refractivity (Wildman–Crippen MR) is 326 cm³/mol. The number of ether oxygens (including phenoxy) is 2. The molecule has 12 atom stereocenters. The fourth-order valence-corrected chi connectivity index (χ4v) is 9.43. The first kappa shape index (κ1) is 77.2. The van der Waals surface area contributed by atoms with Crippen LogP contribution in [-0.4, -0.2) is 171 Å². The van der Waals surface area contributed by atoms with Crippen LogP contribution in [0.1, 0.15) is 138 Å². The van der Waals surface area contributed by atoms with Gasteiger partial charge in [-0.15, -0.1) is 0 Å². The van der Waals surface area contributed by atoms with E-state index in [2.05, 4.69) is 31.6 Å². The molecule has 0 aromatic heterocycles. The number of ketones is 2. The van der Waals surface area contributed by atoms with E-state index in [-0.39, 0.29) is 50.7 Å². The molecule has 27 nitrogen and oxygen atoms in total. The Labute approximate surface area is 520 Å². The van der Waals surface area contributed by atoms with Crippen LogP contribution in [0.15, 0.2) is 65.7 Å². The van der Waals surface area contributed by atoms with Gasteiger partial charge in [-0.25, -0.2) is 4.79 Å². The standard InChI is InChI=1S/C62H95N9O18/c1-11-36(6)52(48(76)27-41(37(7)74)56(82)66-30-49(77)67-45(31-72)58(84)69-46(32-73)60(86)87)70-55(81)40(23-18-24-65-61(63)64)26-47(75)44(25-34(2)3)68-59(85)53(54(80)35(4)5)71-57(83)43(29-50(78)88-33-38-19-14-12-15-20-38)42(39-21-16-13-17-22-39)28-51(79)89-62(8,9)10/h12-17,19-22,34-37,40-46,52-54,72-74,80H,11,18,23-33H2,1-10H3,(H,66,82)(H,67,77)(H,68,85)(H,69,84)(H,70,81)(H,71,83)(H,86,87)(H4,63,64,65)/t36-,37-,40-,41-,42+,43-,44-,45-,46-,52-,53-,54+/m0/s1. The van der Waals surface area contributed by atoms with Crippen molar-refractivity contribution in [2.45, 2.75) is 181 Å². The Morgan fingerprint density at radius 1 is 0.629 bits per heavy atom. The Morgan fingerprint density at radius 3 is 1.74 bits per heavy atom. The summed E-state index contributed by atoms with van der Waals surface area (Å²) in [6.45, 7) is 13.4. The maximum Gasteiger partial charge on any atom is 0.328 e. The number of benzene rings is 2. The fraction of sp³-hybridized carbons (Fsp3) is 0.613. The van der Waals surface area contributed by atoms with Crippen molar-refractivity contribution in [1.29, 1.82) is 0 Å². The number of hydrogen-bond donors (Lipinski definition) is 13. The van der Waals surface area contributed by atoms with E-state index in [1.165, 1.54) is 6.92 Å². The third-order valence-electron chi connectivity index (χ3n) is 14.6. The number of rotatable bonds is 40. The zero-order valence-corrected chi connectivity index (χ0v) is 52.7. The lowest BCUT2D eigenvalue weighted by atomic mass is 9.80. The van der Waals surface area contributed by atoms with Crippen molar-refractivity contribution in [2.75, 3.05) is 26.3 Å². The molecule has 27 heteroatoms. The first-order valence-corrected chi connectivity index (χ1v) is 29.9. The van der Waals surface area contributed by atoms with E-state index in [0.717, 1.165) is 0 Å². The molecule has 0 spiro atoms. The summed E-state index contributed by atoms with van der Waals surface area (Å²) in [4.78, 5) is 155. The van der Waals surface area contributed by atoms with Gasteiger partial charge in [0.25, 0.3) is 0 Å². The number of carbonyl (C=O) groups excluding carboxylic acids is 10. The van der Waals surface area contributed by atoms with Gasteiger partial charge in [0, 0.05) is 31.2 Å². The van der Waals surface area contributed by atoms with Gasteiger partial charge in [0.05, 0.1) is 68.7 Å². The second-order valence-corrected chi connectivity index (χ2v) is 24.0. The summed E-state index contributed by atoms with van der Waals surface area (Å²) in [5.74, 6) is -17.3. The molecule has 2 rings (SSSR count). The van der Waals surface area contributed by atoms with E-state index in [9.17, 15) is 73.2 Å². The van der Waals surface area contributed by atoms with E-state index in [1.807, 2.05) is 5.32 Å². The lowest BCUT2D eigenvalue weighted by Crippen LogP contribution is -2.59. The Morgan fingerprint density at radius 2 is 1.21 bits per heavy atom. The summed E-state index contributed by atoms with van der Waals surface area (Å²) in [6, 6.07) is 9.38. The number of aliphatic imine (C=N–C) groups is 1. The third-order valence-corrected chi connectivity index (χ3v) is 14.6. The lowest BCUT2D eigenvalue weighted by Gasteiger charge is -2.32. The van der Waals surface area contributed by atoms with Crippen LogP contribution in [0.4, 0.5) is 0 Å². The summed E-state index contributed by atoms with van der Waals surface area (Å²) in [6.07, 6.45) is -4.86. The van der Waals surface area contributed by atoms with Crippen molar-refractivity contribution in [3.05, 3.63) is 71.8 Å². The number of nitrogens with one attached hydrogen (secondary N) is 6. The normalized spacial score (nSPS) is 15.5. The smallest absolute Gasteiger partial charge is 0.328 e. The molecule has 0 aliphatic carbocycles. The van der Waals surface area contributed by atoms with Crippen LogP contribution in [0.25, 0.3) is 0 Å². The molecule has 0 heterocycles. The Bertz CT molecular complexity index is 2680. The Balaban J connectivity index is 2.54. The average Bonchev–Trinajstić information content (AvgIpc) is 3.45. The van der Waals surface area contributed by atoms with Crippen LogP contribution in [0.5, 0.6) is 0 Å². The number of aliphatic carboxylic acids is 1. The highest BCUT2D eigenvalue weighted by Gasteiger charge is 2.41. The number of guanidine groups is 1. The van der Waals surface area contributed by atoms with Gasteiger partial charge in [0.1, 0.15) is 30.3 Å². The number of amides is 6. The van der Waals surface area contributed by atoms with E-state index in [0.29, 0.717) is 17.5 Å². The number of hydrogen-bond acceptors (Lipinski definition) is 18. The first-order chi connectivity index (χ1) is 41.7. The largest absolute Gasteiger partial charge is 0.480 e. The zero-order chi connectivity index (χ0) is 67.3. The van der Waals surface area contributed by atoms with Crippen LogP contribution < -0.4 is 43.4 Å². The molecule has 15 N–H and O–H groups in total. The molecule has 2 aromatic rings. The minimum absolute atomic E-state index is 0.000821. The third kappa shape index (κ3) is 28.0. The number of nitrogens with two attached hydrogens (primary N) is 2. The second-order valence-electron chi connectivity index (χ2n) is 24.0. The van der Waals surface area contributed by atoms with Crippen molar-refractivity contribution in [1.82, 2.24) is 31.9 Å². The summed E-state index contributed by atoms with van der Waals surface area (Å²) < 4.78 is 11.3. The second kappa shape index (κ2) is 38.5. The number of carbonyl (C=O) groups is 11. The predicted octanol–water partition coefficient (Wildman–Crippen LogP) is 0.555. The van der Waals surface area contributed by atoms with Crippen molar-refractivity contribution < 1.29 is 87.7 Å². The van der Waals surface area contributed by atoms with E-state index in [1.54, 1.807) is 123 Å². The molecule has 0 bridgehead atoms. The lowest BCUT2D eigenvalue weighted by molar-refractivity contribution is -0.157. The molecule has 0 saturated carbocycles. The minimum Gasteiger partial charge on any atom is -0.480 e. The van der Waals surface area contributed by atoms with Gasteiger partial charge in [0.2, 0.25) is 35.4 Å². The number of aliphatic hydroxyl groups excluding tert-OH is 4. The summed E-state index contributed by atoms with van der Waals surface area (Å²) in [5, 5.41) is 64.9. The molecule has 496 valence electrons. The summed E-state index contributed by atoms with van der Waals surface area (Å²) >= 11 is 0. The van der Waals surface area contributed by atoms with E-state index >= 15 is 0 Å². The molecule has 0 fully saturated rings. The summed E-state index contributed by atoms with van der Waals surface area (Å²) in [5.41, 5.74) is 11.4. The number of aliphatic hydroxyl groups is 4. The van der Waals surface area contributed by atoms with Gasteiger partial charge < -0.3 is 78.4 Å². The molecule has 0 aliphatic rings. The fourth-order valence-electron chi connectivity index (χ4n) is 9.43. The van der Waals surface area contributed by atoms with Crippen molar-refractivity contribution in [3.63, 3.8) is 0 Å². The number of carboxylic acids is 1. The Hall–Kier alpha value is -7.88. The molecular formula is C62H95N9O18. The molecule has 0 aliphatic heterocycles. The quantitative estimate of drug-likeness (QED) is 0.0188. The van der Waals surface area contributed by atoms with Crippen LogP contribution in [-0.2, 0) is 68.8 Å². The first-order valence-electron chi connectivity index (χ1n) is 29.9. The molecule has 0 saturated heterocycles. The summed E-state index contributed by atoms with van der Waals surface area (Å²) in [7, 11) is 0. The number of esters is 2. The monoisotopic (exact) mass is 1250 g/mol. The zero-order valence-electron chi connectivity index (χ0n) is 52.7. The van der Waals surface area contributed by atoms with Gasteiger partial charge in [-0.05, 0) is 75.8 Å². The minimum atomic E-state index is -1.76. The maximum absolute atomic E-state index is 14.9. The average molecular weight is 1250 g/mol. The SMILES string of the molecule is CC[C@H](C)[C@H](NC(=O)[C@@H](CCCN=C(N)N)CC(=O)[C@H](CC(C)C)NC(=O)[C@@H](NC(=O)[C@@H](CC(=O)OCc1ccccc1)[C@H](CC(=O)OC(C)(C)C)c1ccccc1)[C@H](O)C(C)C)C(=O)C[C@H](C(=O)NCC(=O)N[C@@H](CO)C(=O)N[C@@H](CO)C(=O)O)[C@H](C)O. The van der Waals surface area contributed by atoms with Gasteiger partial charge in [-0.3, -0.25) is 52.9 Å². The maximum atomic E-state index is 14.9. The van der Waals surface area contributed by atoms with Crippen molar-refractivity contribution in [2.24, 2.45) is 52.0 Å². The van der Waals surface area contributed by atoms with Gasteiger partial charge in [-0.2, -0.15) is 0 Å². The van der Waals surface area contributed by atoms with Crippen molar-refractivity contribution >= 4 is 70.9 Å². The highest BCUT2D eigenvalue weighted by Crippen LogP contribution is 2.33. The van der Waals surface area contributed by atoms with Crippen LogP contribution in [0.2, 0.25) is 0 Å². The highest BCUT2D eigenvalue weighted by molar-refractivity contribution is 5.98. The van der Waals surface area contributed by atoms with Crippen LogP contribution in [0.3, 0.4) is 0 Å². The molecular weight excluding hydrogens is 1160 g/mol. The number of carboxylic acid groups (broad SMARTS) is 1. The molecule has 89 heavy (non-hydrogen) atoms. The van der Waals surface area contributed by atoms with Crippen LogP contribution >= 0.6 is 0 Å². The molecule has 6 amide bonds. The molecule has 2 aromatic carbocycles. The number of Topliss-reactive ketones (excluding diaryl/α,β-unsaturated/α-hetero) is 2. The van der Waals surface area contributed by atoms with Gasteiger partial charge in [0.15, 0.2) is 17.5 Å². The van der Waals surface area contributed by atoms with Crippen LogP contribution in [0, 0.1) is 35.5 Å². The Kier molecular flexibility index (Phi) is 33.4. The molecule has 0 unspecified atom stereocenters. The number of nitrogens with zero attached hydrogens (tertiary/aromatic N) is 1.